The van der Waals surface area contributed by atoms with Crippen LogP contribution in [-0.2, 0) is 4.79 Å². The van der Waals surface area contributed by atoms with E-state index >= 15 is 0 Å². The maximum Gasteiger partial charge on any atom is 0.123 e. The number of carbonyl (C=O) groups is 1. The second-order valence-electron chi connectivity index (χ2n) is 2.96. The second kappa shape index (κ2) is 3.71. The summed E-state index contributed by atoms with van der Waals surface area (Å²) in [4.78, 5) is 10.5. The van der Waals surface area contributed by atoms with E-state index in [0.717, 1.165) is 19.1 Å². The van der Waals surface area contributed by atoms with Crippen molar-refractivity contribution in [2.45, 2.75) is 25.7 Å². The molecule has 0 aromatic rings. The van der Waals surface area contributed by atoms with E-state index in [0.29, 0.717) is 25.3 Å². The van der Waals surface area contributed by atoms with Crippen molar-refractivity contribution in [3.8, 4) is 0 Å². The molecule has 10 heavy (non-hydrogen) atoms. The fourth-order valence-electron chi connectivity index (χ4n) is 1.40. The Morgan fingerprint density at radius 1 is 1.50 bits per heavy atom. The van der Waals surface area contributed by atoms with Crippen LogP contribution in [0.25, 0.3) is 0 Å². The first-order valence-electron chi connectivity index (χ1n) is 4.36. The summed E-state index contributed by atoms with van der Waals surface area (Å²) in [5.41, 5.74) is 5.48. The van der Waals surface area contributed by atoms with Crippen molar-refractivity contribution < 1.29 is 6.17 Å². The summed E-state index contributed by atoms with van der Waals surface area (Å²) in [6.07, 6.45) is 4.05. The molecule has 1 rings (SSSR count). The molecule has 0 aromatic carbocycles. The van der Waals surface area contributed by atoms with Crippen LogP contribution in [0.15, 0.2) is 0 Å². The minimum absolute atomic E-state index is 0.549. The zero-order chi connectivity index (χ0) is 8.32. The Hall–Kier alpha value is -0.370. The van der Waals surface area contributed by atoms with E-state index in [4.69, 9.17) is 7.10 Å². The van der Waals surface area contributed by atoms with Crippen LogP contribution >= 0.6 is 0 Å². The van der Waals surface area contributed by atoms with E-state index in [2.05, 4.69) is 0 Å². The molecule has 0 heterocycles. The highest BCUT2D eigenvalue weighted by molar-refractivity contribution is 5.53. The Labute approximate surface area is 63.2 Å². The lowest BCUT2D eigenvalue weighted by Crippen LogP contribution is -2.21. The Kier molecular flexibility index (Phi) is 2.36. The molecule has 2 nitrogen and oxygen atoms in total. The third-order valence-electron chi connectivity index (χ3n) is 2.25. The summed E-state index contributed by atoms with van der Waals surface area (Å²) in [6, 6.07) is 0. The molecule has 0 bridgehead atoms. The maximum atomic E-state index is 10.5. The average molecular weight is 142 g/mol. The van der Waals surface area contributed by atoms with E-state index in [9.17, 15) is 4.79 Å². The molecule has 1 aliphatic rings. The van der Waals surface area contributed by atoms with Gasteiger partial charge in [-0.15, -0.1) is 0 Å². The lowest BCUT2D eigenvalue weighted by atomic mass is 9.83. The predicted molar refractivity (Wildman–Crippen MR) is 40.6 cm³/mol. The highest BCUT2D eigenvalue weighted by Crippen LogP contribution is 2.26. The van der Waals surface area contributed by atoms with E-state index < -0.39 is 5.89 Å². The molecule has 0 aliphatic heterocycles. The van der Waals surface area contributed by atoms with Crippen LogP contribution in [-0.4, -0.2) is 12.8 Å². The van der Waals surface area contributed by atoms with Crippen LogP contribution in [0.1, 0.15) is 27.1 Å². The summed E-state index contributed by atoms with van der Waals surface area (Å²) in [7, 11) is 0. The first-order valence-corrected chi connectivity index (χ1v) is 3.86. The van der Waals surface area contributed by atoms with Gasteiger partial charge in [0.15, 0.2) is 0 Å². The van der Waals surface area contributed by atoms with Gasteiger partial charge in [0.1, 0.15) is 6.29 Å². The van der Waals surface area contributed by atoms with E-state index in [1.165, 1.54) is 0 Å². The molecule has 0 saturated heterocycles. The zero-order valence-corrected chi connectivity index (χ0v) is 6.18. The van der Waals surface area contributed by atoms with Crippen LogP contribution in [0.4, 0.5) is 0 Å². The SMILES string of the molecule is [2H]C1(C=O)CCC(CN)CC1. The van der Waals surface area contributed by atoms with E-state index in [1.807, 2.05) is 0 Å². The average Bonchev–Trinajstić information content (AvgIpc) is 2.06. The number of nitrogens with two attached hydrogens (primary N) is 1. The van der Waals surface area contributed by atoms with Gasteiger partial charge in [0.05, 0.1) is 0 Å². The molecule has 0 spiro atoms. The van der Waals surface area contributed by atoms with Crippen molar-refractivity contribution in [2.75, 3.05) is 6.54 Å². The standard InChI is InChI=1S/C8H15NO/c9-5-7-1-3-8(6-10)4-2-7/h6-8H,1-5,9H2/i8D. The van der Waals surface area contributed by atoms with E-state index in [1.54, 1.807) is 0 Å². The molecule has 1 fully saturated rings. The van der Waals surface area contributed by atoms with E-state index in [-0.39, 0.29) is 0 Å². The first-order chi connectivity index (χ1) is 5.20. The number of hydrogen-bond acceptors (Lipinski definition) is 2. The lowest BCUT2D eigenvalue weighted by molar-refractivity contribution is -0.112. The molecule has 1 saturated carbocycles. The topological polar surface area (TPSA) is 43.1 Å². The largest absolute Gasteiger partial charge is 0.330 e. The van der Waals surface area contributed by atoms with Gasteiger partial charge in [-0.25, -0.2) is 0 Å². The molecule has 2 N–H and O–H groups in total. The summed E-state index contributed by atoms with van der Waals surface area (Å²) in [5, 5.41) is 0. The molecule has 0 aromatic heterocycles. The van der Waals surface area contributed by atoms with Gasteiger partial charge in [0, 0.05) is 7.26 Å². The monoisotopic (exact) mass is 142 g/mol. The molecule has 0 unspecified atom stereocenters. The van der Waals surface area contributed by atoms with Crippen molar-refractivity contribution in [1.29, 1.82) is 0 Å². The van der Waals surface area contributed by atoms with Gasteiger partial charge in [0.25, 0.3) is 0 Å². The van der Waals surface area contributed by atoms with Gasteiger partial charge in [-0.1, -0.05) is 0 Å². The van der Waals surface area contributed by atoms with Gasteiger partial charge in [-0.05, 0) is 38.1 Å². The highest BCUT2D eigenvalue weighted by Gasteiger charge is 2.18. The number of carbonyl (C=O) groups excluding carboxylic acids is 1. The van der Waals surface area contributed by atoms with Gasteiger partial charge in [-0.3, -0.25) is 0 Å². The molecule has 0 radical (unpaired) electrons. The van der Waals surface area contributed by atoms with Crippen LogP contribution in [0.5, 0.6) is 0 Å². The fraction of sp³-hybridized carbons (Fsp3) is 0.875. The van der Waals surface area contributed by atoms with Gasteiger partial charge < -0.3 is 10.5 Å². The minimum atomic E-state index is -0.786. The van der Waals surface area contributed by atoms with Crippen molar-refractivity contribution in [2.24, 2.45) is 17.5 Å². The molecule has 2 heteroatoms. The quantitative estimate of drug-likeness (QED) is 0.583. The summed E-state index contributed by atoms with van der Waals surface area (Å²) in [5.74, 6) is -0.237. The van der Waals surface area contributed by atoms with Crippen molar-refractivity contribution in [3.05, 3.63) is 0 Å². The fourth-order valence-corrected chi connectivity index (χ4v) is 1.40. The van der Waals surface area contributed by atoms with Gasteiger partial charge in [0.2, 0.25) is 0 Å². The molecular formula is C8H15NO. The third-order valence-corrected chi connectivity index (χ3v) is 2.25. The lowest BCUT2D eigenvalue weighted by Gasteiger charge is -2.23. The predicted octanol–water partition coefficient (Wildman–Crippen LogP) is 0.950. The van der Waals surface area contributed by atoms with Crippen molar-refractivity contribution in [3.63, 3.8) is 0 Å². The molecule has 58 valence electrons. The first kappa shape index (κ1) is 6.35. The molecule has 0 atom stereocenters. The smallest absolute Gasteiger partial charge is 0.123 e. The second-order valence-corrected chi connectivity index (χ2v) is 2.96. The molecular weight excluding hydrogens is 126 g/mol. The van der Waals surface area contributed by atoms with Crippen LogP contribution in [0.3, 0.4) is 0 Å². The van der Waals surface area contributed by atoms with Crippen molar-refractivity contribution in [1.82, 2.24) is 0 Å². The number of aldehydes is 1. The Bertz CT molecular complexity index is 141. The van der Waals surface area contributed by atoms with Crippen LogP contribution < -0.4 is 5.73 Å². The van der Waals surface area contributed by atoms with Gasteiger partial charge >= 0.3 is 0 Å². The number of hydrogen-bond donors (Lipinski definition) is 1. The Balaban J connectivity index is 2.41. The third kappa shape index (κ3) is 1.81. The normalized spacial score (nSPS) is 42.5. The molecule has 1 aliphatic carbocycles. The molecule has 0 amide bonds. The van der Waals surface area contributed by atoms with Crippen molar-refractivity contribution >= 4 is 6.29 Å². The summed E-state index contributed by atoms with van der Waals surface area (Å²) < 4.78 is 7.63. The number of rotatable bonds is 2. The Morgan fingerprint density at radius 3 is 2.50 bits per heavy atom. The van der Waals surface area contributed by atoms with Crippen LogP contribution in [0, 0.1) is 11.8 Å². The summed E-state index contributed by atoms with van der Waals surface area (Å²) in [6.45, 7) is 0.703. The summed E-state index contributed by atoms with van der Waals surface area (Å²) >= 11 is 0. The van der Waals surface area contributed by atoms with Crippen LogP contribution in [0.2, 0.25) is 0 Å². The highest BCUT2D eigenvalue weighted by atomic mass is 16.1. The maximum absolute atomic E-state index is 10.5. The minimum Gasteiger partial charge on any atom is -0.330 e. The Morgan fingerprint density at radius 2 is 2.10 bits per heavy atom. The van der Waals surface area contributed by atoms with Gasteiger partial charge in [-0.2, -0.15) is 0 Å². The zero-order valence-electron chi connectivity index (χ0n) is 7.18.